The summed E-state index contributed by atoms with van der Waals surface area (Å²) in [5, 5.41) is 15.3. The molecule has 3 aromatic rings. The summed E-state index contributed by atoms with van der Waals surface area (Å²) in [4.78, 5) is 4.62. The van der Waals surface area contributed by atoms with Gasteiger partial charge in [-0.05, 0) is 29.6 Å². The van der Waals surface area contributed by atoms with Gasteiger partial charge >= 0.3 is 0 Å². The van der Waals surface area contributed by atoms with Crippen molar-refractivity contribution in [2.45, 2.75) is 0 Å². The third-order valence-electron chi connectivity index (χ3n) is 2.44. The summed E-state index contributed by atoms with van der Waals surface area (Å²) in [5.41, 5.74) is 0.467. The van der Waals surface area contributed by atoms with Crippen LogP contribution < -0.4 is 0 Å². The van der Waals surface area contributed by atoms with Crippen LogP contribution in [0.4, 0.5) is 4.39 Å². The highest BCUT2D eigenvalue weighted by Gasteiger charge is 2.16. The second-order valence-electron chi connectivity index (χ2n) is 3.68. The smallest absolute Gasteiger partial charge is 0.272 e. The molecule has 0 spiro atoms. The second-order valence-corrected chi connectivity index (χ2v) is 5.01. The molecule has 7 heteroatoms. The Bertz CT molecular complexity index is 741. The van der Waals surface area contributed by atoms with Gasteiger partial charge in [0.1, 0.15) is 16.4 Å². The minimum atomic E-state index is -0.437. The van der Waals surface area contributed by atoms with Crippen molar-refractivity contribution in [3.8, 4) is 27.9 Å². The van der Waals surface area contributed by atoms with Crippen molar-refractivity contribution < 1.29 is 14.0 Å². The van der Waals surface area contributed by atoms with E-state index in [1.54, 1.807) is 5.38 Å². The van der Waals surface area contributed by atoms with Crippen molar-refractivity contribution in [2.75, 3.05) is 0 Å². The fourth-order valence-corrected chi connectivity index (χ4v) is 2.52. The Balaban J connectivity index is 2.04. The minimum absolute atomic E-state index is 0.0744. The summed E-state index contributed by atoms with van der Waals surface area (Å²) in [6.45, 7) is 0. The fraction of sp³-hybridized carbons (Fsp3) is 0. The molecular weight excluding hydrogens is 291 g/mol. The van der Waals surface area contributed by atoms with Crippen LogP contribution in [-0.4, -0.2) is 15.2 Å². The summed E-state index contributed by atoms with van der Waals surface area (Å²) >= 11 is 7.20. The van der Waals surface area contributed by atoms with E-state index < -0.39 is 5.82 Å². The normalized spacial score (nSPS) is 10.8. The van der Waals surface area contributed by atoms with Crippen LogP contribution in [-0.2, 0) is 0 Å². The maximum atomic E-state index is 13.0. The molecule has 0 unspecified atom stereocenters. The molecule has 0 amide bonds. The highest BCUT2D eigenvalue weighted by Crippen LogP contribution is 2.35. The van der Waals surface area contributed by atoms with E-state index in [1.165, 1.54) is 35.6 Å². The zero-order valence-electron chi connectivity index (χ0n) is 9.30. The van der Waals surface area contributed by atoms with E-state index in [0.717, 1.165) is 0 Å². The first-order valence-electron chi connectivity index (χ1n) is 5.21. The predicted octanol–water partition coefficient (Wildman–Crippen LogP) is 3.96. The summed E-state index contributed by atoms with van der Waals surface area (Å²) in [7, 11) is 0. The van der Waals surface area contributed by atoms with E-state index in [4.69, 9.17) is 16.1 Å². The standard InChI is InChI=1S/C12H6ClFN2O2S/c13-8-5-6(14)1-2-7(8)11-15-12(18-16-11)10-9(17)3-4-19-10/h1-5,17H. The summed E-state index contributed by atoms with van der Waals surface area (Å²) < 4.78 is 18.0. The Morgan fingerprint density at radius 1 is 1.32 bits per heavy atom. The first-order valence-corrected chi connectivity index (χ1v) is 6.47. The number of nitrogens with zero attached hydrogens (tertiary/aromatic N) is 2. The Morgan fingerprint density at radius 2 is 2.16 bits per heavy atom. The lowest BCUT2D eigenvalue weighted by molar-refractivity contribution is 0.427. The number of hydrogen-bond donors (Lipinski definition) is 1. The molecule has 2 aromatic heterocycles. The molecule has 0 aliphatic rings. The van der Waals surface area contributed by atoms with E-state index in [2.05, 4.69) is 10.1 Å². The molecule has 0 aliphatic carbocycles. The van der Waals surface area contributed by atoms with Crippen molar-refractivity contribution in [1.29, 1.82) is 0 Å². The van der Waals surface area contributed by atoms with Gasteiger partial charge in [-0.3, -0.25) is 0 Å². The van der Waals surface area contributed by atoms with Gasteiger partial charge in [0.15, 0.2) is 0 Å². The maximum Gasteiger partial charge on any atom is 0.272 e. The molecule has 0 saturated carbocycles. The first kappa shape index (κ1) is 12.1. The first-order chi connectivity index (χ1) is 9.15. The van der Waals surface area contributed by atoms with Gasteiger partial charge in [-0.15, -0.1) is 11.3 Å². The number of aromatic nitrogens is 2. The van der Waals surface area contributed by atoms with Gasteiger partial charge in [0.2, 0.25) is 5.82 Å². The number of halogens is 2. The van der Waals surface area contributed by atoms with Gasteiger partial charge in [-0.2, -0.15) is 4.98 Å². The Hall–Kier alpha value is -1.92. The molecule has 0 aliphatic heterocycles. The third-order valence-corrected chi connectivity index (χ3v) is 3.64. The van der Waals surface area contributed by atoms with E-state index in [1.807, 2.05) is 0 Å². The molecule has 19 heavy (non-hydrogen) atoms. The van der Waals surface area contributed by atoms with Crippen molar-refractivity contribution in [3.63, 3.8) is 0 Å². The van der Waals surface area contributed by atoms with Gasteiger partial charge in [0, 0.05) is 5.56 Å². The summed E-state index contributed by atoms with van der Waals surface area (Å²) in [5.74, 6) is 0.0782. The van der Waals surface area contributed by atoms with Crippen molar-refractivity contribution in [2.24, 2.45) is 0 Å². The Labute approximate surface area is 116 Å². The molecule has 0 saturated heterocycles. The average molecular weight is 297 g/mol. The summed E-state index contributed by atoms with van der Waals surface area (Å²) in [6, 6.07) is 5.45. The van der Waals surface area contributed by atoms with Crippen LogP contribution in [0.3, 0.4) is 0 Å². The number of rotatable bonds is 2. The number of aromatic hydroxyl groups is 1. The maximum absolute atomic E-state index is 13.0. The monoisotopic (exact) mass is 296 g/mol. The molecule has 0 fully saturated rings. The highest BCUT2D eigenvalue weighted by atomic mass is 35.5. The van der Waals surface area contributed by atoms with E-state index in [9.17, 15) is 9.50 Å². The molecule has 4 nitrogen and oxygen atoms in total. The van der Waals surface area contributed by atoms with E-state index in [-0.39, 0.29) is 22.5 Å². The van der Waals surface area contributed by atoms with Crippen LogP contribution in [0, 0.1) is 5.82 Å². The van der Waals surface area contributed by atoms with Crippen LogP contribution in [0.5, 0.6) is 5.75 Å². The average Bonchev–Trinajstić information content (AvgIpc) is 2.97. The van der Waals surface area contributed by atoms with Crippen LogP contribution in [0.25, 0.3) is 22.2 Å². The van der Waals surface area contributed by atoms with Crippen molar-refractivity contribution >= 4 is 22.9 Å². The Morgan fingerprint density at radius 3 is 2.84 bits per heavy atom. The lowest BCUT2D eigenvalue weighted by Crippen LogP contribution is -1.84. The molecule has 0 bridgehead atoms. The quantitative estimate of drug-likeness (QED) is 0.777. The zero-order chi connectivity index (χ0) is 13.4. The summed E-state index contributed by atoms with van der Waals surface area (Å²) in [6.07, 6.45) is 0. The molecule has 0 radical (unpaired) electrons. The zero-order valence-corrected chi connectivity index (χ0v) is 10.9. The molecular formula is C12H6ClFN2O2S. The molecule has 3 rings (SSSR count). The van der Waals surface area contributed by atoms with Crippen LogP contribution in [0.2, 0.25) is 5.02 Å². The van der Waals surface area contributed by atoms with Gasteiger partial charge in [0.05, 0.1) is 5.02 Å². The number of hydrogen-bond acceptors (Lipinski definition) is 5. The number of benzene rings is 1. The van der Waals surface area contributed by atoms with Crippen molar-refractivity contribution in [1.82, 2.24) is 10.1 Å². The van der Waals surface area contributed by atoms with Crippen LogP contribution >= 0.6 is 22.9 Å². The predicted molar refractivity (Wildman–Crippen MR) is 69.7 cm³/mol. The molecule has 96 valence electrons. The van der Waals surface area contributed by atoms with Crippen molar-refractivity contribution in [3.05, 3.63) is 40.5 Å². The molecule has 1 N–H and O–H groups in total. The van der Waals surface area contributed by atoms with E-state index in [0.29, 0.717) is 10.4 Å². The minimum Gasteiger partial charge on any atom is -0.506 e. The fourth-order valence-electron chi connectivity index (χ4n) is 1.56. The lowest BCUT2D eigenvalue weighted by Gasteiger charge is -1.97. The lowest BCUT2D eigenvalue weighted by atomic mass is 10.2. The largest absolute Gasteiger partial charge is 0.506 e. The molecule has 2 heterocycles. The third kappa shape index (κ3) is 2.20. The van der Waals surface area contributed by atoms with Crippen LogP contribution in [0.15, 0.2) is 34.2 Å². The topological polar surface area (TPSA) is 59.2 Å². The molecule has 1 aromatic carbocycles. The van der Waals surface area contributed by atoms with Gasteiger partial charge < -0.3 is 9.63 Å². The number of thiophene rings is 1. The van der Waals surface area contributed by atoms with Gasteiger partial charge in [-0.1, -0.05) is 16.8 Å². The molecule has 0 atom stereocenters. The van der Waals surface area contributed by atoms with E-state index >= 15 is 0 Å². The Kier molecular flexibility index (Phi) is 2.96. The highest BCUT2D eigenvalue weighted by molar-refractivity contribution is 7.13. The van der Waals surface area contributed by atoms with Crippen LogP contribution in [0.1, 0.15) is 0 Å². The van der Waals surface area contributed by atoms with Gasteiger partial charge in [0.25, 0.3) is 5.89 Å². The van der Waals surface area contributed by atoms with Gasteiger partial charge in [-0.25, -0.2) is 4.39 Å². The second kappa shape index (κ2) is 4.64. The SMILES string of the molecule is Oc1ccsc1-c1nc(-c2ccc(F)cc2Cl)no1.